The van der Waals surface area contributed by atoms with E-state index in [-0.39, 0.29) is 11.7 Å². The van der Waals surface area contributed by atoms with Gasteiger partial charge in [0.25, 0.3) is 5.91 Å². The first-order chi connectivity index (χ1) is 15.7. The van der Waals surface area contributed by atoms with Gasteiger partial charge in [-0.3, -0.25) is 4.79 Å². The monoisotopic (exact) mass is 445 g/mol. The van der Waals surface area contributed by atoms with Crippen molar-refractivity contribution in [2.45, 2.75) is 26.4 Å². The topological polar surface area (TPSA) is 68.5 Å². The van der Waals surface area contributed by atoms with Crippen LogP contribution in [0.4, 0.5) is 4.39 Å². The number of hydrogen-bond acceptors (Lipinski definition) is 4. The van der Waals surface area contributed by atoms with E-state index in [0.29, 0.717) is 33.4 Å². The van der Waals surface area contributed by atoms with Crippen molar-refractivity contribution in [2.24, 2.45) is 0 Å². The molecular formula is C27H24FNO4. The summed E-state index contributed by atoms with van der Waals surface area (Å²) in [6.45, 7) is 5.46. The lowest BCUT2D eigenvalue weighted by Gasteiger charge is -2.19. The van der Waals surface area contributed by atoms with Gasteiger partial charge in [-0.15, -0.1) is 0 Å². The molecule has 33 heavy (non-hydrogen) atoms. The third-order valence-corrected chi connectivity index (χ3v) is 5.08. The van der Waals surface area contributed by atoms with Crippen molar-refractivity contribution in [1.29, 1.82) is 0 Å². The van der Waals surface area contributed by atoms with Crippen LogP contribution >= 0.6 is 0 Å². The maximum atomic E-state index is 13.4. The molecule has 0 fully saturated rings. The van der Waals surface area contributed by atoms with Crippen LogP contribution in [0.1, 0.15) is 41.5 Å². The average Bonchev–Trinajstić information content (AvgIpc) is 3.16. The summed E-state index contributed by atoms with van der Waals surface area (Å²) < 4.78 is 24.9. The molecule has 5 nitrogen and oxygen atoms in total. The lowest BCUT2D eigenvalue weighted by Crippen LogP contribution is -2.23. The zero-order valence-electron chi connectivity index (χ0n) is 18.9. The quantitative estimate of drug-likeness (QED) is 0.379. The first-order valence-corrected chi connectivity index (χ1v) is 10.5. The molecule has 168 valence electrons. The number of carbonyl (C=O) groups is 2. The molecule has 0 aliphatic heterocycles. The third kappa shape index (κ3) is 4.65. The highest BCUT2D eigenvalue weighted by molar-refractivity contribution is 6.11. The molecule has 0 aliphatic carbocycles. The SMILES string of the molecule is CNC(=O)c1c(-c2ccc(F)cc2)oc2ccc(-c3cccc(C(=O)OC(C)(C)C)c3)cc12. The van der Waals surface area contributed by atoms with Crippen LogP contribution in [0.2, 0.25) is 0 Å². The van der Waals surface area contributed by atoms with Crippen LogP contribution in [0.25, 0.3) is 33.4 Å². The number of ether oxygens (including phenoxy) is 1. The molecule has 0 saturated carbocycles. The molecule has 0 atom stereocenters. The van der Waals surface area contributed by atoms with E-state index in [1.807, 2.05) is 39.0 Å². The summed E-state index contributed by atoms with van der Waals surface area (Å²) in [6.07, 6.45) is 0. The smallest absolute Gasteiger partial charge is 0.338 e. The molecule has 4 aromatic rings. The van der Waals surface area contributed by atoms with Crippen LogP contribution in [0.15, 0.2) is 71.1 Å². The fraction of sp³-hybridized carbons (Fsp3) is 0.185. The molecule has 0 spiro atoms. The Balaban J connectivity index is 1.81. The van der Waals surface area contributed by atoms with Gasteiger partial charge in [-0.05, 0) is 80.4 Å². The maximum Gasteiger partial charge on any atom is 0.338 e. The summed E-state index contributed by atoms with van der Waals surface area (Å²) >= 11 is 0. The van der Waals surface area contributed by atoms with Gasteiger partial charge in [-0.1, -0.05) is 18.2 Å². The predicted molar refractivity (Wildman–Crippen MR) is 126 cm³/mol. The number of amides is 1. The minimum absolute atomic E-state index is 0.312. The van der Waals surface area contributed by atoms with Gasteiger partial charge in [-0.25, -0.2) is 9.18 Å². The summed E-state index contributed by atoms with van der Waals surface area (Å²) in [5, 5.41) is 3.27. The zero-order valence-corrected chi connectivity index (χ0v) is 18.9. The van der Waals surface area contributed by atoms with Crippen molar-refractivity contribution in [2.75, 3.05) is 7.05 Å². The number of carbonyl (C=O) groups excluding carboxylic acids is 2. The third-order valence-electron chi connectivity index (χ3n) is 5.08. The van der Waals surface area contributed by atoms with E-state index in [0.717, 1.165) is 11.1 Å². The molecule has 0 unspecified atom stereocenters. The van der Waals surface area contributed by atoms with Gasteiger partial charge in [0, 0.05) is 18.0 Å². The summed E-state index contributed by atoms with van der Waals surface area (Å²) in [4.78, 5) is 25.3. The molecule has 1 amide bonds. The summed E-state index contributed by atoms with van der Waals surface area (Å²) in [7, 11) is 1.55. The second-order valence-electron chi connectivity index (χ2n) is 8.69. The number of nitrogens with one attached hydrogen (secondary N) is 1. The minimum Gasteiger partial charge on any atom is -0.456 e. The normalized spacial score (nSPS) is 11.4. The second kappa shape index (κ2) is 8.54. The number of fused-ring (bicyclic) bond motifs is 1. The van der Waals surface area contributed by atoms with E-state index in [1.54, 1.807) is 43.4 Å². The molecule has 4 rings (SSSR count). The predicted octanol–water partition coefficient (Wildman–Crippen LogP) is 6.22. The van der Waals surface area contributed by atoms with Crippen molar-refractivity contribution < 1.29 is 23.1 Å². The van der Waals surface area contributed by atoms with Crippen LogP contribution in [0, 0.1) is 5.82 Å². The fourth-order valence-corrected chi connectivity index (χ4v) is 3.59. The Morgan fingerprint density at radius 1 is 0.909 bits per heavy atom. The van der Waals surface area contributed by atoms with E-state index in [4.69, 9.17) is 9.15 Å². The molecule has 6 heteroatoms. The summed E-state index contributed by atoms with van der Waals surface area (Å²) in [5.41, 5.74) is 2.94. The molecule has 1 N–H and O–H groups in total. The van der Waals surface area contributed by atoms with Gasteiger partial charge in [0.2, 0.25) is 0 Å². The first-order valence-electron chi connectivity index (χ1n) is 10.5. The van der Waals surface area contributed by atoms with Gasteiger partial charge < -0.3 is 14.5 Å². The van der Waals surface area contributed by atoms with Gasteiger partial charge in [-0.2, -0.15) is 0 Å². The molecular weight excluding hydrogens is 421 g/mol. The Morgan fingerprint density at radius 3 is 2.24 bits per heavy atom. The van der Waals surface area contributed by atoms with Crippen LogP contribution in [0.3, 0.4) is 0 Å². The standard InChI is InChI=1S/C27H24FNO4/c1-27(2,3)33-26(31)19-7-5-6-17(14-19)18-10-13-22-21(15-18)23(25(30)29-4)24(32-22)16-8-11-20(28)12-9-16/h5-15H,1-4H3,(H,29,30). The maximum absolute atomic E-state index is 13.4. The molecule has 1 heterocycles. The lowest BCUT2D eigenvalue weighted by molar-refractivity contribution is 0.00694. The van der Waals surface area contributed by atoms with Crippen LogP contribution in [0.5, 0.6) is 0 Å². The Labute approximate surface area is 191 Å². The van der Waals surface area contributed by atoms with Crippen molar-refractivity contribution in [3.63, 3.8) is 0 Å². The van der Waals surface area contributed by atoms with E-state index < -0.39 is 11.6 Å². The number of esters is 1. The van der Waals surface area contributed by atoms with Crippen molar-refractivity contribution in [1.82, 2.24) is 5.32 Å². The number of halogens is 1. The Morgan fingerprint density at radius 2 is 1.58 bits per heavy atom. The van der Waals surface area contributed by atoms with Crippen LogP contribution in [-0.2, 0) is 4.74 Å². The molecule has 0 radical (unpaired) electrons. The highest BCUT2D eigenvalue weighted by atomic mass is 19.1. The number of furan rings is 1. The molecule has 0 saturated heterocycles. The highest BCUT2D eigenvalue weighted by Gasteiger charge is 2.22. The summed E-state index contributed by atoms with van der Waals surface area (Å²) in [6, 6.07) is 18.4. The Bertz CT molecular complexity index is 1350. The number of benzene rings is 3. The summed E-state index contributed by atoms with van der Waals surface area (Å²) in [5.74, 6) is -0.723. The van der Waals surface area contributed by atoms with Gasteiger partial charge in [0.1, 0.15) is 22.8 Å². The van der Waals surface area contributed by atoms with Crippen molar-refractivity contribution in [3.8, 4) is 22.5 Å². The zero-order chi connectivity index (χ0) is 23.8. The Kier molecular flexibility index (Phi) is 5.77. The van der Waals surface area contributed by atoms with Crippen LogP contribution < -0.4 is 5.32 Å². The second-order valence-corrected chi connectivity index (χ2v) is 8.69. The van der Waals surface area contributed by atoms with Gasteiger partial charge >= 0.3 is 5.97 Å². The largest absolute Gasteiger partial charge is 0.456 e. The van der Waals surface area contributed by atoms with Gasteiger partial charge in [0.15, 0.2) is 0 Å². The van der Waals surface area contributed by atoms with E-state index >= 15 is 0 Å². The van der Waals surface area contributed by atoms with Crippen molar-refractivity contribution in [3.05, 3.63) is 83.7 Å². The number of rotatable bonds is 4. The van der Waals surface area contributed by atoms with Crippen LogP contribution in [-0.4, -0.2) is 24.5 Å². The number of hydrogen-bond donors (Lipinski definition) is 1. The van der Waals surface area contributed by atoms with Crippen molar-refractivity contribution >= 4 is 22.8 Å². The Hall–Kier alpha value is -3.93. The molecule has 3 aromatic carbocycles. The fourth-order valence-electron chi connectivity index (χ4n) is 3.59. The average molecular weight is 445 g/mol. The van der Waals surface area contributed by atoms with E-state index in [2.05, 4.69) is 5.32 Å². The minimum atomic E-state index is -0.595. The molecule has 1 aromatic heterocycles. The molecule has 0 bridgehead atoms. The lowest BCUT2D eigenvalue weighted by atomic mass is 9.99. The highest BCUT2D eigenvalue weighted by Crippen LogP contribution is 2.36. The van der Waals surface area contributed by atoms with E-state index in [9.17, 15) is 14.0 Å². The van der Waals surface area contributed by atoms with E-state index in [1.165, 1.54) is 12.1 Å². The first kappa shape index (κ1) is 22.3. The molecule has 0 aliphatic rings. The van der Waals surface area contributed by atoms with Gasteiger partial charge in [0.05, 0.1) is 11.1 Å².